The average Bonchev–Trinajstić information content (AvgIpc) is 2.74. The van der Waals surface area contributed by atoms with Gasteiger partial charge >= 0.3 is 12.0 Å². The van der Waals surface area contributed by atoms with Crippen LogP contribution < -0.4 is 10.6 Å². The lowest BCUT2D eigenvalue weighted by Gasteiger charge is -2.27. The normalized spacial score (nSPS) is 22.8. The molecule has 1 aromatic rings. The van der Waals surface area contributed by atoms with Crippen molar-refractivity contribution in [2.24, 2.45) is 5.92 Å². The number of hydrogen-bond acceptors (Lipinski definition) is 4. The molecule has 0 aromatic carbocycles. The summed E-state index contributed by atoms with van der Waals surface area (Å²) in [6, 6.07) is -0.388. The fraction of sp³-hybridized carbons (Fsp3) is 0.583. The highest BCUT2D eigenvalue weighted by Crippen LogP contribution is 2.24. The summed E-state index contributed by atoms with van der Waals surface area (Å²) >= 11 is 1.41. The van der Waals surface area contributed by atoms with Gasteiger partial charge in [-0.05, 0) is 26.2 Å². The molecule has 104 valence electrons. The Kier molecular flexibility index (Phi) is 4.36. The number of thiazole rings is 1. The van der Waals surface area contributed by atoms with E-state index in [-0.39, 0.29) is 18.0 Å². The zero-order chi connectivity index (χ0) is 13.8. The second-order valence-corrected chi connectivity index (χ2v) is 6.01. The lowest BCUT2D eigenvalue weighted by atomic mass is 9.86. The van der Waals surface area contributed by atoms with E-state index in [0.29, 0.717) is 18.0 Å². The van der Waals surface area contributed by atoms with Gasteiger partial charge in [0.25, 0.3) is 0 Å². The van der Waals surface area contributed by atoms with Crippen LogP contribution in [0, 0.1) is 12.8 Å². The van der Waals surface area contributed by atoms with E-state index in [0.717, 1.165) is 17.7 Å². The molecular weight excluding hydrogens is 266 g/mol. The van der Waals surface area contributed by atoms with Crippen LogP contribution in [0.3, 0.4) is 0 Å². The lowest BCUT2D eigenvalue weighted by molar-refractivity contribution is -0.143. The number of aryl methyl sites for hydroxylation is 1. The third kappa shape index (κ3) is 3.92. The molecule has 2 atom stereocenters. The van der Waals surface area contributed by atoms with Crippen molar-refractivity contribution < 1.29 is 14.7 Å². The Labute approximate surface area is 115 Å². The minimum Gasteiger partial charge on any atom is -0.481 e. The zero-order valence-electron chi connectivity index (χ0n) is 10.7. The summed E-state index contributed by atoms with van der Waals surface area (Å²) in [5, 5.41) is 15.0. The van der Waals surface area contributed by atoms with E-state index >= 15 is 0 Å². The summed E-state index contributed by atoms with van der Waals surface area (Å²) < 4.78 is 0. The van der Waals surface area contributed by atoms with Crippen LogP contribution in [0.1, 0.15) is 30.6 Å². The van der Waals surface area contributed by atoms with Crippen molar-refractivity contribution >= 4 is 28.5 Å². The Hall–Kier alpha value is -1.63. The molecule has 0 saturated heterocycles. The number of hydrogen-bond donors (Lipinski definition) is 3. The van der Waals surface area contributed by atoms with E-state index in [1.54, 1.807) is 6.20 Å². The largest absolute Gasteiger partial charge is 0.481 e. The highest BCUT2D eigenvalue weighted by atomic mass is 32.1. The number of carboxylic acids is 1. The number of rotatable bonds is 3. The number of aliphatic carboxylic acids is 1. The first-order valence-electron chi connectivity index (χ1n) is 6.27. The Balaban J connectivity index is 1.83. The first-order chi connectivity index (χ1) is 9.04. The predicted octanol–water partition coefficient (Wildman–Crippen LogP) is 2.22. The van der Waals surface area contributed by atoms with Gasteiger partial charge in [0.05, 0.1) is 5.92 Å². The van der Waals surface area contributed by atoms with Crippen LogP contribution in [-0.4, -0.2) is 28.1 Å². The van der Waals surface area contributed by atoms with Crippen molar-refractivity contribution in [3.8, 4) is 0 Å². The SMILES string of the molecule is Cc1cnc(NC(=O)NC2CCCC(C(=O)O)C2)s1. The Morgan fingerprint density at radius 2 is 2.26 bits per heavy atom. The summed E-state index contributed by atoms with van der Waals surface area (Å²) in [4.78, 5) is 27.8. The van der Waals surface area contributed by atoms with Crippen LogP contribution in [0.25, 0.3) is 0 Å². The third-order valence-corrected chi connectivity index (χ3v) is 4.03. The van der Waals surface area contributed by atoms with E-state index in [4.69, 9.17) is 5.11 Å². The van der Waals surface area contributed by atoms with Gasteiger partial charge in [0, 0.05) is 17.1 Å². The molecule has 1 heterocycles. The summed E-state index contributed by atoms with van der Waals surface area (Å²) in [6.45, 7) is 1.92. The van der Waals surface area contributed by atoms with Crippen molar-refractivity contribution in [2.75, 3.05) is 5.32 Å². The Morgan fingerprint density at radius 1 is 1.47 bits per heavy atom. The molecule has 6 nitrogen and oxygen atoms in total. The van der Waals surface area contributed by atoms with Crippen LogP contribution in [0.2, 0.25) is 0 Å². The smallest absolute Gasteiger partial charge is 0.321 e. The summed E-state index contributed by atoms with van der Waals surface area (Å²) in [5.74, 6) is -1.12. The van der Waals surface area contributed by atoms with E-state index in [2.05, 4.69) is 15.6 Å². The van der Waals surface area contributed by atoms with Crippen LogP contribution in [-0.2, 0) is 4.79 Å². The molecule has 0 spiro atoms. The molecule has 2 rings (SSSR count). The summed E-state index contributed by atoms with van der Waals surface area (Å²) in [5.41, 5.74) is 0. The molecule has 1 aromatic heterocycles. The standard InChI is InChI=1S/C12H17N3O3S/c1-7-6-13-12(19-7)15-11(18)14-9-4-2-3-8(5-9)10(16)17/h6,8-9H,2-5H2,1H3,(H,16,17)(H2,13,14,15,18). The van der Waals surface area contributed by atoms with Gasteiger partial charge in [0.15, 0.2) is 5.13 Å². The van der Waals surface area contributed by atoms with E-state index in [1.165, 1.54) is 11.3 Å². The van der Waals surface area contributed by atoms with Crippen molar-refractivity contribution in [1.29, 1.82) is 0 Å². The van der Waals surface area contributed by atoms with Gasteiger partial charge in [0.2, 0.25) is 0 Å². The Morgan fingerprint density at radius 3 is 2.89 bits per heavy atom. The van der Waals surface area contributed by atoms with Gasteiger partial charge in [-0.2, -0.15) is 0 Å². The number of amides is 2. The number of urea groups is 1. The van der Waals surface area contributed by atoms with Crippen molar-refractivity contribution in [3.05, 3.63) is 11.1 Å². The molecule has 1 aliphatic rings. The number of carbonyl (C=O) groups excluding carboxylic acids is 1. The molecule has 2 amide bonds. The number of carbonyl (C=O) groups is 2. The quantitative estimate of drug-likeness (QED) is 0.793. The van der Waals surface area contributed by atoms with Crippen LogP contribution in [0.5, 0.6) is 0 Å². The molecule has 7 heteroatoms. The molecule has 0 radical (unpaired) electrons. The highest BCUT2D eigenvalue weighted by molar-refractivity contribution is 7.15. The van der Waals surface area contributed by atoms with Crippen LogP contribution >= 0.6 is 11.3 Å². The van der Waals surface area contributed by atoms with E-state index in [1.807, 2.05) is 6.92 Å². The molecule has 1 saturated carbocycles. The highest BCUT2D eigenvalue weighted by Gasteiger charge is 2.27. The fourth-order valence-electron chi connectivity index (χ4n) is 2.28. The fourth-order valence-corrected chi connectivity index (χ4v) is 2.94. The monoisotopic (exact) mass is 283 g/mol. The molecule has 0 aliphatic heterocycles. The van der Waals surface area contributed by atoms with Gasteiger partial charge in [0.1, 0.15) is 0 Å². The molecular formula is C12H17N3O3S. The molecule has 0 bridgehead atoms. The van der Waals surface area contributed by atoms with Crippen LogP contribution in [0.4, 0.5) is 9.93 Å². The van der Waals surface area contributed by atoms with E-state index < -0.39 is 5.97 Å². The van der Waals surface area contributed by atoms with Gasteiger partial charge in [-0.1, -0.05) is 6.42 Å². The van der Waals surface area contributed by atoms with Gasteiger partial charge in [-0.15, -0.1) is 11.3 Å². The molecule has 2 unspecified atom stereocenters. The zero-order valence-corrected chi connectivity index (χ0v) is 11.5. The Bertz CT molecular complexity index is 475. The summed E-state index contributed by atoms with van der Waals surface area (Å²) in [6.07, 6.45) is 4.55. The van der Waals surface area contributed by atoms with Crippen molar-refractivity contribution in [2.45, 2.75) is 38.6 Å². The second kappa shape index (κ2) is 6.01. The van der Waals surface area contributed by atoms with Gasteiger partial charge in [-0.3, -0.25) is 10.1 Å². The number of anilines is 1. The maximum atomic E-state index is 11.8. The average molecular weight is 283 g/mol. The first-order valence-corrected chi connectivity index (χ1v) is 7.09. The topological polar surface area (TPSA) is 91.3 Å². The number of nitrogens with zero attached hydrogens (tertiary/aromatic N) is 1. The molecule has 3 N–H and O–H groups in total. The van der Waals surface area contributed by atoms with Gasteiger partial charge in [-0.25, -0.2) is 9.78 Å². The number of aromatic nitrogens is 1. The summed E-state index contributed by atoms with van der Waals surface area (Å²) in [7, 11) is 0. The van der Waals surface area contributed by atoms with Crippen molar-refractivity contribution in [3.63, 3.8) is 0 Å². The number of carboxylic acid groups (broad SMARTS) is 1. The minimum absolute atomic E-state index is 0.0732. The molecule has 19 heavy (non-hydrogen) atoms. The minimum atomic E-state index is -0.776. The maximum Gasteiger partial charge on any atom is 0.321 e. The van der Waals surface area contributed by atoms with Gasteiger partial charge < -0.3 is 10.4 Å². The van der Waals surface area contributed by atoms with Crippen molar-refractivity contribution in [1.82, 2.24) is 10.3 Å². The maximum absolute atomic E-state index is 11.8. The lowest BCUT2D eigenvalue weighted by Crippen LogP contribution is -2.42. The third-order valence-electron chi connectivity index (χ3n) is 3.20. The molecule has 1 fully saturated rings. The van der Waals surface area contributed by atoms with E-state index in [9.17, 15) is 9.59 Å². The molecule has 1 aliphatic carbocycles. The second-order valence-electron chi connectivity index (χ2n) is 4.77. The first kappa shape index (κ1) is 13.8. The predicted molar refractivity (Wildman–Crippen MR) is 72.4 cm³/mol. The van der Waals surface area contributed by atoms with Crippen LogP contribution in [0.15, 0.2) is 6.20 Å². The number of nitrogens with one attached hydrogen (secondary N) is 2.